The summed E-state index contributed by atoms with van der Waals surface area (Å²) in [7, 11) is 0. The molecule has 1 aromatic rings. The molecular formula is C15H17F2NO. The molecule has 0 N–H and O–H groups in total. The van der Waals surface area contributed by atoms with E-state index in [1.807, 2.05) is 12.1 Å². The monoisotopic (exact) mass is 265 g/mol. The molecule has 1 amide bonds. The number of likely N-dealkylation sites (tertiary alicyclic amines) is 1. The molecule has 1 heterocycles. The van der Waals surface area contributed by atoms with E-state index in [1.54, 1.807) is 12.1 Å². The maximum absolute atomic E-state index is 12.7. The molecule has 0 radical (unpaired) electrons. The van der Waals surface area contributed by atoms with Gasteiger partial charge < -0.3 is 4.90 Å². The molecule has 19 heavy (non-hydrogen) atoms. The third kappa shape index (κ3) is 2.36. The van der Waals surface area contributed by atoms with Crippen LogP contribution in [0, 0.1) is 5.92 Å². The minimum absolute atomic E-state index is 0.291. The van der Waals surface area contributed by atoms with Crippen LogP contribution in [-0.2, 0) is 0 Å². The van der Waals surface area contributed by atoms with Crippen molar-refractivity contribution in [1.82, 2.24) is 4.90 Å². The summed E-state index contributed by atoms with van der Waals surface area (Å²) in [5.74, 6) is -1.59. The lowest BCUT2D eigenvalue weighted by atomic mass is 10.0. The van der Waals surface area contributed by atoms with Gasteiger partial charge in [0.1, 0.15) is 0 Å². The van der Waals surface area contributed by atoms with Gasteiger partial charge in [0.15, 0.2) is 0 Å². The number of carbonyl (C=O) groups is 1. The molecule has 0 bridgehead atoms. The first kappa shape index (κ1) is 12.6. The fourth-order valence-corrected chi connectivity index (χ4v) is 2.82. The Hall–Kier alpha value is -1.45. The average Bonchev–Trinajstić information content (AvgIpc) is 3.14. The van der Waals surface area contributed by atoms with E-state index < -0.39 is 19.0 Å². The van der Waals surface area contributed by atoms with Gasteiger partial charge in [0.25, 0.3) is 11.8 Å². The second-order valence-electron chi connectivity index (χ2n) is 5.65. The average molecular weight is 265 g/mol. The fraction of sp³-hybridized carbons (Fsp3) is 0.533. The van der Waals surface area contributed by atoms with Gasteiger partial charge in [-0.2, -0.15) is 0 Å². The molecule has 0 unspecified atom stereocenters. The number of rotatable bonds is 3. The van der Waals surface area contributed by atoms with Crippen molar-refractivity contribution >= 4 is 5.91 Å². The van der Waals surface area contributed by atoms with Crippen molar-refractivity contribution in [3.05, 3.63) is 35.4 Å². The maximum Gasteiger partial charge on any atom is 0.282 e. The largest absolute Gasteiger partial charge is 0.326 e. The van der Waals surface area contributed by atoms with Crippen molar-refractivity contribution in [2.45, 2.75) is 31.6 Å². The van der Waals surface area contributed by atoms with E-state index in [0.29, 0.717) is 11.5 Å². The van der Waals surface area contributed by atoms with Crippen LogP contribution in [0.15, 0.2) is 24.3 Å². The van der Waals surface area contributed by atoms with Gasteiger partial charge in [-0.1, -0.05) is 25.5 Å². The number of amides is 1. The Kier molecular flexibility index (Phi) is 2.84. The molecule has 0 aromatic heterocycles. The molecule has 2 nitrogen and oxygen atoms in total. The second kappa shape index (κ2) is 4.29. The van der Waals surface area contributed by atoms with E-state index in [0.717, 1.165) is 5.92 Å². The summed E-state index contributed by atoms with van der Waals surface area (Å²) in [5.41, 5.74) is 1.77. The predicted molar refractivity (Wildman–Crippen MR) is 68.4 cm³/mol. The van der Waals surface area contributed by atoms with E-state index in [2.05, 4.69) is 6.92 Å². The molecule has 2 atom stereocenters. The quantitative estimate of drug-likeness (QED) is 0.821. The van der Waals surface area contributed by atoms with E-state index in [-0.39, 0.29) is 5.91 Å². The Morgan fingerprint density at radius 2 is 1.95 bits per heavy atom. The Bertz CT molecular complexity index is 489. The number of alkyl halides is 2. The number of halogens is 2. The first-order valence-electron chi connectivity index (χ1n) is 6.77. The van der Waals surface area contributed by atoms with Crippen LogP contribution >= 0.6 is 0 Å². The fourth-order valence-electron chi connectivity index (χ4n) is 2.82. The summed E-state index contributed by atoms with van der Waals surface area (Å²) in [6.07, 6.45) is 2.41. The number of nitrogens with zero attached hydrogens (tertiary/aromatic N) is 1. The summed E-state index contributed by atoms with van der Waals surface area (Å²) in [6, 6.07) is 7.45. The molecule has 102 valence electrons. The maximum atomic E-state index is 12.7. The first-order valence-corrected chi connectivity index (χ1v) is 6.77. The molecule has 2 fully saturated rings. The van der Waals surface area contributed by atoms with Gasteiger partial charge in [-0.05, 0) is 36.0 Å². The van der Waals surface area contributed by atoms with Gasteiger partial charge in [-0.3, -0.25) is 4.79 Å². The van der Waals surface area contributed by atoms with Crippen molar-refractivity contribution in [2.24, 2.45) is 5.92 Å². The van der Waals surface area contributed by atoms with Crippen molar-refractivity contribution in [3.8, 4) is 0 Å². The van der Waals surface area contributed by atoms with Crippen molar-refractivity contribution in [1.29, 1.82) is 0 Å². The highest BCUT2D eigenvalue weighted by atomic mass is 19.3. The minimum Gasteiger partial charge on any atom is -0.326 e. The van der Waals surface area contributed by atoms with Crippen molar-refractivity contribution in [2.75, 3.05) is 13.1 Å². The Morgan fingerprint density at radius 3 is 2.42 bits per heavy atom. The van der Waals surface area contributed by atoms with E-state index in [4.69, 9.17) is 0 Å². The lowest BCUT2D eigenvalue weighted by Gasteiger charge is -2.38. The SMILES string of the molecule is CC[C@H]1C[C@@H]1c1ccc(C(=O)N2CC(F)(F)C2)cc1. The second-order valence-corrected chi connectivity index (χ2v) is 5.65. The van der Waals surface area contributed by atoms with Crippen LogP contribution in [0.5, 0.6) is 0 Å². The van der Waals surface area contributed by atoms with Gasteiger partial charge in [-0.15, -0.1) is 0 Å². The number of hydrogen-bond acceptors (Lipinski definition) is 1. The predicted octanol–water partition coefficient (Wildman–Crippen LogP) is 3.29. The molecule has 1 aliphatic heterocycles. The minimum atomic E-state index is -2.70. The van der Waals surface area contributed by atoms with Crippen LogP contribution in [0.3, 0.4) is 0 Å². The van der Waals surface area contributed by atoms with Gasteiger partial charge >= 0.3 is 0 Å². The standard InChI is InChI=1S/C15H17F2NO/c1-2-10-7-13(10)11-3-5-12(6-4-11)14(19)18-8-15(16,17)9-18/h3-6,10,13H,2,7-9H2,1H3/t10-,13-/m0/s1. The third-order valence-electron chi connectivity index (χ3n) is 4.16. The summed E-state index contributed by atoms with van der Waals surface area (Å²) < 4.78 is 25.5. The Labute approximate surface area is 111 Å². The normalized spacial score (nSPS) is 27.8. The summed E-state index contributed by atoms with van der Waals surface area (Å²) in [4.78, 5) is 13.1. The zero-order chi connectivity index (χ0) is 13.6. The van der Waals surface area contributed by atoms with E-state index >= 15 is 0 Å². The number of carbonyl (C=O) groups excluding carboxylic acids is 1. The zero-order valence-corrected chi connectivity index (χ0v) is 10.9. The number of hydrogen-bond donors (Lipinski definition) is 0. The highest BCUT2D eigenvalue weighted by Crippen LogP contribution is 2.49. The van der Waals surface area contributed by atoms with E-state index in [1.165, 1.54) is 23.3 Å². The highest BCUT2D eigenvalue weighted by molar-refractivity contribution is 5.94. The van der Waals surface area contributed by atoms with Crippen LogP contribution < -0.4 is 0 Å². The molecule has 1 aliphatic carbocycles. The summed E-state index contributed by atoms with van der Waals surface area (Å²) in [6.45, 7) is 1.29. The Morgan fingerprint density at radius 1 is 1.32 bits per heavy atom. The van der Waals surface area contributed by atoms with Crippen molar-refractivity contribution in [3.63, 3.8) is 0 Å². The topological polar surface area (TPSA) is 20.3 Å². The van der Waals surface area contributed by atoms with Gasteiger partial charge in [0.05, 0.1) is 13.1 Å². The van der Waals surface area contributed by atoms with Crippen LogP contribution in [0.2, 0.25) is 0 Å². The van der Waals surface area contributed by atoms with Crippen LogP contribution in [0.25, 0.3) is 0 Å². The van der Waals surface area contributed by atoms with Gasteiger partial charge in [0.2, 0.25) is 0 Å². The summed E-state index contributed by atoms with van der Waals surface area (Å²) in [5, 5.41) is 0. The van der Waals surface area contributed by atoms with Gasteiger partial charge in [0, 0.05) is 5.56 Å². The highest BCUT2D eigenvalue weighted by Gasteiger charge is 2.46. The molecule has 4 heteroatoms. The van der Waals surface area contributed by atoms with Crippen LogP contribution in [0.1, 0.15) is 41.6 Å². The zero-order valence-electron chi connectivity index (χ0n) is 10.9. The van der Waals surface area contributed by atoms with Crippen LogP contribution in [-0.4, -0.2) is 29.8 Å². The molecule has 3 rings (SSSR count). The lowest BCUT2D eigenvalue weighted by Crippen LogP contribution is -2.58. The molecule has 2 aliphatic rings. The number of benzene rings is 1. The Balaban J connectivity index is 1.65. The smallest absolute Gasteiger partial charge is 0.282 e. The molecule has 1 saturated heterocycles. The molecular weight excluding hydrogens is 248 g/mol. The van der Waals surface area contributed by atoms with Crippen molar-refractivity contribution < 1.29 is 13.6 Å². The first-order chi connectivity index (χ1) is 9.00. The molecule has 1 aromatic carbocycles. The molecule has 0 spiro atoms. The third-order valence-corrected chi connectivity index (χ3v) is 4.16. The molecule has 1 saturated carbocycles. The van der Waals surface area contributed by atoms with Crippen LogP contribution in [0.4, 0.5) is 8.78 Å². The van der Waals surface area contributed by atoms with Gasteiger partial charge in [-0.25, -0.2) is 8.78 Å². The lowest BCUT2D eigenvalue weighted by molar-refractivity contribution is -0.113. The van der Waals surface area contributed by atoms with E-state index in [9.17, 15) is 13.6 Å². The summed E-state index contributed by atoms with van der Waals surface area (Å²) >= 11 is 0.